The Morgan fingerprint density at radius 2 is 1.47 bits per heavy atom. The van der Waals surface area contributed by atoms with Gasteiger partial charge in [0.15, 0.2) is 0 Å². The lowest BCUT2D eigenvalue weighted by molar-refractivity contribution is -0.142. The highest BCUT2D eigenvalue weighted by Gasteiger charge is 2.30. The normalized spacial score (nSPS) is 14.1. The minimum atomic E-state index is -1.08. The molecule has 0 saturated carbocycles. The lowest BCUT2D eigenvalue weighted by Gasteiger charge is -2.22. The molecule has 2 amide bonds. The van der Waals surface area contributed by atoms with E-state index in [1.165, 1.54) is 0 Å². The van der Waals surface area contributed by atoms with Crippen LogP contribution in [0.5, 0.6) is 0 Å². The van der Waals surface area contributed by atoms with E-state index < -0.39 is 30.1 Å². The van der Waals surface area contributed by atoms with E-state index in [9.17, 15) is 19.5 Å². The van der Waals surface area contributed by atoms with Crippen LogP contribution in [0.4, 0.5) is 4.79 Å². The molecule has 34 heavy (non-hydrogen) atoms. The van der Waals surface area contributed by atoms with Crippen LogP contribution in [0.1, 0.15) is 63.5 Å². The Kier molecular flexibility index (Phi) is 8.68. The Labute approximate surface area is 200 Å². The van der Waals surface area contributed by atoms with Crippen molar-refractivity contribution in [3.63, 3.8) is 0 Å². The van der Waals surface area contributed by atoms with E-state index in [2.05, 4.69) is 22.8 Å². The highest BCUT2D eigenvalue weighted by atomic mass is 16.5. The van der Waals surface area contributed by atoms with Gasteiger partial charge in [-0.2, -0.15) is 0 Å². The maximum Gasteiger partial charge on any atom is 0.407 e. The Morgan fingerprint density at radius 3 is 2.00 bits per heavy atom. The monoisotopic (exact) mass is 466 g/mol. The van der Waals surface area contributed by atoms with E-state index in [4.69, 9.17) is 4.74 Å². The number of ether oxygens (including phenoxy) is 1. The molecule has 0 saturated heterocycles. The number of carbonyl (C=O) groups is 3. The molecule has 0 aliphatic heterocycles. The van der Waals surface area contributed by atoms with Crippen LogP contribution >= 0.6 is 0 Å². The fourth-order valence-corrected chi connectivity index (χ4v) is 4.37. The minimum Gasteiger partial charge on any atom is -0.480 e. The van der Waals surface area contributed by atoms with Crippen molar-refractivity contribution in [2.45, 2.75) is 64.5 Å². The molecule has 1 aliphatic carbocycles. The van der Waals surface area contributed by atoms with Crippen molar-refractivity contribution < 1.29 is 24.2 Å². The molecule has 7 nitrogen and oxygen atoms in total. The highest BCUT2D eigenvalue weighted by Crippen LogP contribution is 2.44. The van der Waals surface area contributed by atoms with Crippen LogP contribution in [0.25, 0.3) is 11.1 Å². The molecular formula is C27H34N2O5. The van der Waals surface area contributed by atoms with Gasteiger partial charge in [-0.3, -0.25) is 4.79 Å². The summed E-state index contributed by atoms with van der Waals surface area (Å²) < 4.78 is 5.55. The predicted molar refractivity (Wildman–Crippen MR) is 131 cm³/mol. The molecule has 2 atom stereocenters. The van der Waals surface area contributed by atoms with Gasteiger partial charge in [0.25, 0.3) is 0 Å². The maximum atomic E-state index is 12.8. The van der Waals surface area contributed by atoms with Gasteiger partial charge in [-0.05, 0) is 47.4 Å². The van der Waals surface area contributed by atoms with Crippen molar-refractivity contribution >= 4 is 18.0 Å². The predicted octanol–water partition coefficient (Wildman–Crippen LogP) is 4.70. The number of amides is 2. The molecule has 0 radical (unpaired) electrons. The molecule has 1 unspecified atom stereocenters. The van der Waals surface area contributed by atoms with E-state index >= 15 is 0 Å². The van der Waals surface area contributed by atoms with Crippen LogP contribution < -0.4 is 10.6 Å². The van der Waals surface area contributed by atoms with Crippen molar-refractivity contribution in [1.29, 1.82) is 0 Å². The van der Waals surface area contributed by atoms with Crippen LogP contribution in [-0.2, 0) is 14.3 Å². The average Bonchev–Trinajstić information content (AvgIpc) is 3.13. The summed E-state index contributed by atoms with van der Waals surface area (Å²) in [5.41, 5.74) is 4.48. The van der Waals surface area contributed by atoms with Crippen LogP contribution in [0.15, 0.2) is 48.5 Å². The first-order valence-corrected chi connectivity index (χ1v) is 12.0. The van der Waals surface area contributed by atoms with Crippen LogP contribution in [0.3, 0.4) is 0 Å². The molecule has 182 valence electrons. The van der Waals surface area contributed by atoms with Gasteiger partial charge in [-0.25, -0.2) is 9.59 Å². The number of carboxylic acids is 1. The number of fused-ring (bicyclic) bond motifs is 3. The van der Waals surface area contributed by atoms with Crippen molar-refractivity contribution in [2.24, 2.45) is 5.92 Å². The van der Waals surface area contributed by atoms with Gasteiger partial charge in [-0.15, -0.1) is 0 Å². The molecule has 2 aromatic carbocycles. The summed E-state index contributed by atoms with van der Waals surface area (Å²) in [5.74, 6) is -1.34. The van der Waals surface area contributed by atoms with Gasteiger partial charge in [0, 0.05) is 5.92 Å². The van der Waals surface area contributed by atoms with Crippen molar-refractivity contribution in [2.75, 3.05) is 6.61 Å². The molecular weight excluding hydrogens is 432 g/mol. The summed E-state index contributed by atoms with van der Waals surface area (Å²) in [5, 5.41) is 14.7. The number of rotatable bonds is 11. The third kappa shape index (κ3) is 6.16. The zero-order chi connectivity index (χ0) is 24.7. The fraction of sp³-hybridized carbons (Fsp3) is 0.444. The number of benzene rings is 2. The van der Waals surface area contributed by atoms with Crippen molar-refractivity contribution in [3.8, 4) is 11.1 Å². The number of alkyl carbamates (subject to hydrolysis) is 1. The summed E-state index contributed by atoms with van der Waals surface area (Å²) in [6, 6.07) is 14.3. The van der Waals surface area contributed by atoms with E-state index in [0.717, 1.165) is 22.3 Å². The third-order valence-electron chi connectivity index (χ3n) is 6.18. The van der Waals surface area contributed by atoms with Gasteiger partial charge < -0.3 is 20.5 Å². The number of carboxylic acid groups (broad SMARTS) is 1. The largest absolute Gasteiger partial charge is 0.480 e. The number of hydrogen-bond donors (Lipinski definition) is 3. The number of nitrogens with one attached hydrogen (secondary N) is 2. The van der Waals surface area contributed by atoms with Crippen LogP contribution in [0.2, 0.25) is 0 Å². The first-order chi connectivity index (χ1) is 16.3. The summed E-state index contributed by atoms with van der Waals surface area (Å²) in [4.78, 5) is 37.0. The van der Waals surface area contributed by atoms with Crippen molar-refractivity contribution in [1.82, 2.24) is 10.6 Å². The molecule has 0 heterocycles. The average molecular weight is 467 g/mol. The standard InChI is InChI=1S/C27H34N2O5/c1-4-9-23(25(30)28-24(26(31)32)15-14-17(2)3)29-27(33)34-16-22-20-12-7-5-10-18(20)19-11-6-8-13-21(19)22/h5-8,10-13,17,22-24H,4,9,14-16H2,1-3H3,(H,28,30)(H,29,33)(H,31,32)/t23-,24?/m0/s1. The summed E-state index contributed by atoms with van der Waals surface area (Å²) in [6.45, 7) is 6.04. The molecule has 7 heteroatoms. The molecule has 3 rings (SSSR count). The fourth-order valence-electron chi connectivity index (χ4n) is 4.37. The second-order valence-corrected chi connectivity index (χ2v) is 9.18. The lowest BCUT2D eigenvalue weighted by atomic mass is 9.98. The smallest absolute Gasteiger partial charge is 0.407 e. The molecule has 0 spiro atoms. The molecule has 3 N–H and O–H groups in total. The first kappa shape index (κ1) is 25.3. The molecule has 1 aliphatic rings. The quantitative estimate of drug-likeness (QED) is 0.445. The first-order valence-electron chi connectivity index (χ1n) is 12.0. The highest BCUT2D eigenvalue weighted by molar-refractivity contribution is 5.89. The van der Waals surface area contributed by atoms with E-state index in [-0.39, 0.29) is 12.5 Å². The maximum absolute atomic E-state index is 12.8. The Hall–Kier alpha value is -3.35. The molecule has 2 aromatic rings. The number of aliphatic carboxylic acids is 1. The van der Waals surface area contributed by atoms with Gasteiger partial charge in [0.05, 0.1) is 0 Å². The summed E-state index contributed by atoms with van der Waals surface area (Å²) >= 11 is 0. The summed E-state index contributed by atoms with van der Waals surface area (Å²) in [6.07, 6.45) is 1.35. The second-order valence-electron chi connectivity index (χ2n) is 9.18. The Balaban J connectivity index is 1.62. The van der Waals surface area contributed by atoms with Gasteiger partial charge >= 0.3 is 12.1 Å². The number of hydrogen-bond acceptors (Lipinski definition) is 4. The van der Waals surface area contributed by atoms with Gasteiger partial charge in [0.2, 0.25) is 5.91 Å². The van der Waals surface area contributed by atoms with Crippen LogP contribution in [0, 0.1) is 5.92 Å². The zero-order valence-corrected chi connectivity index (χ0v) is 20.0. The summed E-state index contributed by atoms with van der Waals surface area (Å²) in [7, 11) is 0. The van der Waals surface area contributed by atoms with E-state index in [0.29, 0.717) is 31.6 Å². The number of carbonyl (C=O) groups excluding carboxylic acids is 2. The lowest BCUT2D eigenvalue weighted by Crippen LogP contribution is -2.51. The van der Waals surface area contributed by atoms with Crippen molar-refractivity contribution in [3.05, 3.63) is 59.7 Å². The van der Waals surface area contributed by atoms with Gasteiger partial charge in [-0.1, -0.05) is 75.7 Å². The Bertz CT molecular complexity index is 974. The molecule has 0 bridgehead atoms. The Morgan fingerprint density at radius 1 is 0.882 bits per heavy atom. The topological polar surface area (TPSA) is 105 Å². The van der Waals surface area contributed by atoms with E-state index in [1.807, 2.05) is 57.2 Å². The van der Waals surface area contributed by atoms with Gasteiger partial charge in [0.1, 0.15) is 18.7 Å². The molecule has 0 aromatic heterocycles. The molecule has 0 fully saturated rings. The SMILES string of the molecule is CCC[C@H](NC(=O)OCC1c2ccccc2-c2ccccc21)C(=O)NC(CCC(C)C)C(=O)O. The minimum absolute atomic E-state index is 0.0796. The zero-order valence-electron chi connectivity index (χ0n) is 20.0. The van der Waals surface area contributed by atoms with E-state index in [1.54, 1.807) is 0 Å². The second kappa shape index (κ2) is 11.7. The third-order valence-corrected chi connectivity index (χ3v) is 6.18. The van der Waals surface area contributed by atoms with Crippen LogP contribution in [-0.4, -0.2) is 41.8 Å².